The van der Waals surface area contributed by atoms with Crippen LogP contribution in [0.25, 0.3) is 39.0 Å². The van der Waals surface area contributed by atoms with Crippen molar-refractivity contribution in [2.24, 2.45) is 0 Å². The summed E-state index contributed by atoms with van der Waals surface area (Å²) < 4.78 is 7.58. The van der Waals surface area contributed by atoms with Crippen LogP contribution in [0.2, 0.25) is 0 Å². The Balaban J connectivity index is 1.73. The molecule has 3 heteroatoms. The van der Waals surface area contributed by atoms with Gasteiger partial charge in [0, 0.05) is 16.6 Å². The van der Waals surface area contributed by atoms with Crippen LogP contribution < -0.4 is 4.74 Å². The summed E-state index contributed by atoms with van der Waals surface area (Å²) in [6, 6.07) is 34.4. The standard InChI is InChI=1S/C27H21NO2/c1-30-23-14-12-22(13-15-23)28-25-10-6-5-9-20(25)18-26(28)21-11-16-27(29)24(17-21)19-7-3-2-4-8-19/h2-18,29H,1H3. The Morgan fingerprint density at radius 3 is 2.20 bits per heavy atom. The quantitative estimate of drug-likeness (QED) is 0.371. The van der Waals surface area contributed by atoms with E-state index in [1.165, 1.54) is 0 Å². The highest BCUT2D eigenvalue weighted by Gasteiger charge is 2.14. The number of phenols is 1. The number of hydrogen-bond donors (Lipinski definition) is 1. The maximum absolute atomic E-state index is 10.5. The molecule has 0 amide bonds. The molecule has 5 rings (SSSR count). The van der Waals surface area contributed by atoms with E-state index in [1.807, 2.05) is 48.5 Å². The van der Waals surface area contributed by atoms with Crippen LogP contribution in [0.1, 0.15) is 0 Å². The van der Waals surface area contributed by atoms with Gasteiger partial charge in [-0.15, -0.1) is 0 Å². The first-order valence-corrected chi connectivity index (χ1v) is 9.88. The Bertz CT molecular complexity index is 1320. The van der Waals surface area contributed by atoms with Gasteiger partial charge in [-0.25, -0.2) is 0 Å². The molecule has 146 valence electrons. The molecule has 0 aliphatic rings. The lowest BCUT2D eigenvalue weighted by Gasteiger charge is -2.14. The number of para-hydroxylation sites is 1. The first-order chi connectivity index (χ1) is 14.7. The monoisotopic (exact) mass is 391 g/mol. The molecule has 1 aromatic heterocycles. The molecular formula is C27H21NO2. The Morgan fingerprint density at radius 1 is 0.700 bits per heavy atom. The van der Waals surface area contributed by atoms with Crippen molar-refractivity contribution in [2.75, 3.05) is 7.11 Å². The largest absolute Gasteiger partial charge is 0.507 e. The predicted octanol–water partition coefficient (Wildman–Crippen LogP) is 6.68. The lowest BCUT2D eigenvalue weighted by Crippen LogP contribution is -1.97. The lowest BCUT2D eigenvalue weighted by atomic mass is 10.0. The second-order valence-corrected chi connectivity index (χ2v) is 7.22. The zero-order valence-corrected chi connectivity index (χ0v) is 16.6. The van der Waals surface area contributed by atoms with Gasteiger partial charge in [0.2, 0.25) is 0 Å². The van der Waals surface area contributed by atoms with Crippen LogP contribution in [-0.2, 0) is 0 Å². The highest BCUT2D eigenvalue weighted by Crippen LogP contribution is 2.37. The second-order valence-electron chi connectivity index (χ2n) is 7.22. The van der Waals surface area contributed by atoms with Crippen molar-refractivity contribution in [2.45, 2.75) is 0 Å². The number of nitrogens with zero attached hydrogens (tertiary/aromatic N) is 1. The smallest absolute Gasteiger partial charge is 0.123 e. The molecule has 0 saturated heterocycles. The normalized spacial score (nSPS) is 11.0. The van der Waals surface area contributed by atoms with Crippen molar-refractivity contribution in [1.29, 1.82) is 0 Å². The number of aromatic nitrogens is 1. The van der Waals surface area contributed by atoms with Crippen LogP contribution in [0.5, 0.6) is 11.5 Å². The summed E-state index contributed by atoms with van der Waals surface area (Å²) in [4.78, 5) is 0. The fraction of sp³-hybridized carbons (Fsp3) is 0.0370. The van der Waals surface area contributed by atoms with Gasteiger partial charge in [0.25, 0.3) is 0 Å². The van der Waals surface area contributed by atoms with E-state index in [9.17, 15) is 5.11 Å². The summed E-state index contributed by atoms with van der Waals surface area (Å²) >= 11 is 0. The summed E-state index contributed by atoms with van der Waals surface area (Å²) in [7, 11) is 1.67. The summed E-state index contributed by atoms with van der Waals surface area (Å²) in [5, 5.41) is 11.7. The van der Waals surface area contributed by atoms with E-state index in [0.29, 0.717) is 0 Å². The highest BCUT2D eigenvalue weighted by atomic mass is 16.5. The van der Waals surface area contributed by atoms with E-state index in [4.69, 9.17) is 4.74 Å². The first kappa shape index (κ1) is 18.1. The van der Waals surface area contributed by atoms with E-state index in [-0.39, 0.29) is 5.75 Å². The van der Waals surface area contributed by atoms with Crippen molar-refractivity contribution >= 4 is 10.9 Å². The van der Waals surface area contributed by atoms with Crippen molar-refractivity contribution in [3.63, 3.8) is 0 Å². The molecule has 1 heterocycles. The van der Waals surface area contributed by atoms with Crippen LogP contribution in [0.15, 0.2) is 103 Å². The fourth-order valence-corrected chi connectivity index (χ4v) is 3.92. The van der Waals surface area contributed by atoms with Crippen LogP contribution in [-0.4, -0.2) is 16.8 Å². The number of fused-ring (bicyclic) bond motifs is 1. The SMILES string of the molecule is COc1ccc(-n2c(-c3ccc(O)c(-c4ccccc4)c3)cc3ccccc32)cc1. The molecule has 3 nitrogen and oxygen atoms in total. The second kappa shape index (κ2) is 7.45. The van der Waals surface area contributed by atoms with Crippen molar-refractivity contribution in [3.05, 3.63) is 103 Å². The molecule has 0 spiro atoms. The topological polar surface area (TPSA) is 34.4 Å². The van der Waals surface area contributed by atoms with Gasteiger partial charge in [-0.1, -0.05) is 48.5 Å². The molecule has 0 radical (unpaired) electrons. The number of aromatic hydroxyl groups is 1. The maximum Gasteiger partial charge on any atom is 0.123 e. The minimum absolute atomic E-state index is 0.275. The number of hydrogen-bond acceptors (Lipinski definition) is 2. The van der Waals surface area contributed by atoms with Gasteiger partial charge in [0.15, 0.2) is 0 Å². The molecule has 0 aliphatic heterocycles. The van der Waals surface area contributed by atoms with Crippen LogP contribution >= 0.6 is 0 Å². The van der Waals surface area contributed by atoms with Gasteiger partial charge in [-0.3, -0.25) is 0 Å². The van der Waals surface area contributed by atoms with Crippen LogP contribution in [0.4, 0.5) is 0 Å². The number of phenolic OH excluding ortho intramolecular Hbond substituents is 1. The molecule has 0 aliphatic carbocycles. The molecule has 1 N–H and O–H groups in total. The molecule has 5 aromatic rings. The highest BCUT2D eigenvalue weighted by molar-refractivity contribution is 5.90. The van der Waals surface area contributed by atoms with Gasteiger partial charge in [0.05, 0.1) is 18.3 Å². The molecule has 4 aromatic carbocycles. The first-order valence-electron chi connectivity index (χ1n) is 9.88. The summed E-state index contributed by atoms with van der Waals surface area (Å²) in [5.41, 5.74) is 6.11. The van der Waals surface area contributed by atoms with Gasteiger partial charge in [0.1, 0.15) is 11.5 Å². The van der Waals surface area contributed by atoms with Crippen molar-refractivity contribution in [1.82, 2.24) is 4.57 Å². The van der Waals surface area contributed by atoms with Crippen LogP contribution in [0.3, 0.4) is 0 Å². The third-order valence-electron chi connectivity index (χ3n) is 5.42. The van der Waals surface area contributed by atoms with Crippen LogP contribution in [0, 0.1) is 0 Å². The average Bonchev–Trinajstić information content (AvgIpc) is 3.19. The minimum Gasteiger partial charge on any atom is -0.507 e. The number of ether oxygens (including phenoxy) is 1. The Kier molecular flexibility index (Phi) is 4.49. The Morgan fingerprint density at radius 2 is 1.43 bits per heavy atom. The molecule has 0 unspecified atom stereocenters. The molecule has 0 saturated carbocycles. The van der Waals surface area contributed by atoms with E-state index >= 15 is 0 Å². The average molecular weight is 391 g/mol. The fourth-order valence-electron chi connectivity index (χ4n) is 3.92. The van der Waals surface area contributed by atoms with Gasteiger partial charge < -0.3 is 14.4 Å². The summed E-state index contributed by atoms with van der Waals surface area (Å²) in [6.07, 6.45) is 0. The molecule has 30 heavy (non-hydrogen) atoms. The summed E-state index contributed by atoms with van der Waals surface area (Å²) in [5.74, 6) is 1.10. The third-order valence-corrected chi connectivity index (χ3v) is 5.42. The molecule has 0 fully saturated rings. The van der Waals surface area contributed by atoms with E-state index in [2.05, 4.69) is 53.1 Å². The van der Waals surface area contributed by atoms with E-state index in [0.717, 1.165) is 44.7 Å². The summed E-state index contributed by atoms with van der Waals surface area (Å²) in [6.45, 7) is 0. The van der Waals surface area contributed by atoms with E-state index in [1.54, 1.807) is 13.2 Å². The molecule has 0 bridgehead atoms. The zero-order chi connectivity index (χ0) is 20.5. The van der Waals surface area contributed by atoms with Gasteiger partial charge >= 0.3 is 0 Å². The number of benzene rings is 4. The van der Waals surface area contributed by atoms with E-state index < -0.39 is 0 Å². The van der Waals surface area contributed by atoms with Gasteiger partial charge in [-0.05, 0) is 65.7 Å². The lowest BCUT2D eigenvalue weighted by molar-refractivity contribution is 0.415. The number of methoxy groups -OCH3 is 1. The third kappa shape index (κ3) is 3.11. The maximum atomic E-state index is 10.5. The Hall–Kier alpha value is -3.98. The molecule has 0 atom stereocenters. The van der Waals surface area contributed by atoms with Crippen molar-refractivity contribution < 1.29 is 9.84 Å². The minimum atomic E-state index is 0.275. The number of rotatable bonds is 4. The van der Waals surface area contributed by atoms with Gasteiger partial charge in [-0.2, -0.15) is 0 Å². The molecular weight excluding hydrogens is 370 g/mol. The Labute approximate surface area is 175 Å². The predicted molar refractivity (Wildman–Crippen MR) is 122 cm³/mol. The van der Waals surface area contributed by atoms with Crippen molar-refractivity contribution in [3.8, 4) is 39.6 Å². The zero-order valence-electron chi connectivity index (χ0n) is 16.6.